The topological polar surface area (TPSA) is 52.5 Å². The Hall–Kier alpha value is -1.11. The zero-order valence-electron chi connectivity index (χ0n) is 8.98. The predicted molar refractivity (Wildman–Crippen MR) is 56.3 cm³/mol. The Morgan fingerprint density at radius 1 is 1.06 bits per heavy atom. The summed E-state index contributed by atoms with van der Waals surface area (Å²) >= 11 is 0. The number of rotatable bonds is 5. The van der Waals surface area contributed by atoms with Gasteiger partial charge in [-0.25, -0.2) is 0 Å². The Kier molecular flexibility index (Phi) is 4.92. The van der Waals surface area contributed by atoms with Gasteiger partial charge in [0.1, 0.15) is 6.04 Å². The van der Waals surface area contributed by atoms with Crippen molar-refractivity contribution in [2.45, 2.75) is 18.3 Å². The van der Waals surface area contributed by atoms with Crippen LogP contribution in [0.15, 0.2) is 30.3 Å². The third-order valence-corrected chi connectivity index (χ3v) is 2.30. The molecule has 6 heteroatoms. The minimum Gasteiger partial charge on any atom is -0.395 e. The van der Waals surface area contributed by atoms with Gasteiger partial charge < -0.3 is 10.2 Å². The molecule has 0 aliphatic rings. The standard InChI is InChI=1S/C11H14F3NO2/c12-11(13,14)10(15-9(6-16)7-17)8-4-2-1-3-5-8/h1-5,9-10,15-17H,6-7H2. The van der Waals surface area contributed by atoms with E-state index in [1.54, 1.807) is 6.07 Å². The van der Waals surface area contributed by atoms with E-state index in [4.69, 9.17) is 10.2 Å². The molecule has 0 fully saturated rings. The number of alkyl halides is 3. The quantitative estimate of drug-likeness (QED) is 0.735. The van der Waals surface area contributed by atoms with Crippen LogP contribution in [0.25, 0.3) is 0 Å². The van der Waals surface area contributed by atoms with E-state index in [-0.39, 0.29) is 5.56 Å². The third kappa shape index (κ3) is 3.99. The highest BCUT2D eigenvalue weighted by atomic mass is 19.4. The van der Waals surface area contributed by atoms with Gasteiger partial charge >= 0.3 is 6.18 Å². The number of hydrogen-bond donors (Lipinski definition) is 3. The van der Waals surface area contributed by atoms with Gasteiger partial charge in [-0.05, 0) is 5.56 Å². The second kappa shape index (κ2) is 6.00. The smallest absolute Gasteiger partial charge is 0.395 e. The largest absolute Gasteiger partial charge is 0.407 e. The van der Waals surface area contributed by atoms with Gasteiger partial charge in [0.25, 0.3) is 0 Å². The van der Waals surface area contributed by atoms with Crippen LogP contribution >= 0.6 is 0 Å². The highest BCUT2D eigenvalue weighted by Gasteiger charge is 2.41. The molecular formula is C11H14F3NO2. The summed E-state index contributed by atoms with van der Waals surface area (Å²) in [6.45, 7) is -1.12. The molecule has 1 atom stereocenters. The molecule has 0 aromatic heterocycles. The fraction of sp³-hybridized carbons (Fsp3) is 0.455. The van der Waals surface area contributed by atoms with Crippen molar-refractivity contribution in [3.05, 3.63) is 35.9 Å². The third-order valence-electron chi connectivity index (χ3n) is 2.30. The predicted octanol–water partition coefficient (Wildman–Crippen LogP) is 1.23. The lowest BCUT2D eigenvalue weighted by Crippen LogP contribution is -2.44. The van der Waals surface area contributed by atoms with Gasteiger partial charge in [-0.2, -0.15) is 13.2 Å². The number of benzene rings is 1. The monoisotopic (exact) mass is 249 g/mol. The molecule has 3 nitrogen and oxygen atoms in total. The lowest BCUT2D eigenvalue weighted by Gasteiger charge is -2.25. The Labute approximate surface area is 96.9 Å². The highest BCUT2D eigenvalue weighted by molar-refractivity contribution is 5.20. The first-order valence-corrected chi connectivity index (χ1v) is 5.08. The van der Waals surface area contributed by atoms with Gasteiger partial charge in [0.15, 0.2) is 0 Å². The molecule has 3 N–H and O–H groups in total. The average Bonchev–Trinajstić information content (AvgIpc) is 2.30. The average molecular weight is 249 g/mol. The Balaban J connectivity index is 2.90. The van der Waals surface area contributed by atoms with Crippen LogP contribution < -0.4 is 5.32 Å². The summed E-state index contributed by atoms with van der Waals surface area (Å²) in [6, 6.07) is 4.42. The van der Waals surface area contributed by atoms with Crippen LogP contribution in [0.1, 0.15) is 11.6 Å². The van der Waals surface area contributed by atoms with Crippen molar-refractivity contribution in [2.24, 2.45) is 0 Å². The van der Waals surface area contributed by atoms with Crippen LogP contribution in [-0.2, 0) is 0 Å². The number of aliphatic hydroxyl groups is 2. The van der Waals surface area contributed by atoms with Crippen LogP contribution in [0.2, 0.25) is 0 Å². The molecule has 0 heterocycles. The summed E-state index contributed by atoms with van der Waals surface area (Å²) < 4.78 is 38.4. The van der Waals surface area contributed by atoms with E-state index in [1.807, 2.05) is 0 Å². The summed E-state index contributed by atoms with van der Waals surface area (Å²) in [4.78, 5) is 0. The van der Waals surface area contributed by atoms with E-state index in [2.05, 4.69) is 5.32 Å². The van der Waals surface area contributed by atoms with Crippen molar-refractivity contribution >= 4 is 0 Å². The van der Waals surface area contributed by atoms with Gasteiger partial charge in [0.05, 0.1) is 19.3 Å². The first kappa shape index (κ1) is 14.0. The van der Waals surface area contributed by atoms with Crippen LogP contribution in [0.3, 0.4) is 0 Å². The lowest BCUT2D eigenvalue weighted by atomic mass is 10.1. The maximum atomic E-state index is 12.8. The zero-order chi connectivity index (χ0) is 12.9. The molecule has 1 aromatic carbocycles. The van der Waals surface area contributed by atoms with E-state index in [1.165, 1.54) is 24.3 Å². The SMILES string of the molecule is OCC(CO)NC(c1ccccc1)C(F)(F)F. The van der Waals surface area contributed by atoms with E-state index in [0.29, 0.717) is 0 Å². The van der Waals surface area contributed by atoms with Crippen molar-refractivity contribution < 1.29 is 23.4 Å². The minimum atomic E-state index is -4.48. The maximum absolute atomic E-state index is 12.8. The van der Waals surface area contributed by atoms with Gasteiger partial charge in [-0.15, -0.1) is 0 Å². The first-order valence-electron chi connectivity index (χ1n) is 5.08. The number of nitrogens with one attached hydrogen (secondary N) is 1. The molecular weight excluding hydrogens is 235 g/mol. The summed E-state index contributed by atoms with van der Waals surface area (Å²) in [5.41, 5.74) is 0.0481. The van der Waals surface area contributed by atoms with E-state index in [0.717, 1.165) is 0 Å². The number of hydrogen-bond acceptors (Lipinski definition) is 3. The molecule has 0 aliphatic heterocycles. The normalized spacial score (nSPS) is 14.0. The van der Waals surface area contributed by atoms with E-state index >= 15 is 0 Å². The Bertz CT molecular complexity index is 325. The number of halogens is 3. The Morgan fingerprint density at radius 3 is 2.00 bits per heavy atom. The van der Waals surface area contributed by atoms with Crippen LogP contribution in [0.5, 0.6) is 0 Å². The van der Waals surface area contributed by atoms with Crippen LogP contribution in [0.4, 0.5) is 13.2 Å². The van der Waals surface area contributed by atoms with Crippen LogP contribution in [-0.4, -0.2) is 35.6 Å². The molecule has 0 aliphatic carbocycles. The maximum Gasteiger partial charge on any atom is 0.407 e. The first-order chi connectivity index (χ1) is 7.99. The second-order valence-electron chi connectivity index (χ2n) is 3.61. The van der Waals surface area contributed by atoms with E-state index < -0.39 is 31.5 Å². The molecule has 96 valence electrons. The van der Waals surface area contributed by atoms with Crippen molar-refractivity contribution in [3.63, 3.8) is 0 Å². The van der Waals surface area contributed by atoms with Crippen molar-refractivity contribution in [1.82, 2.24) is 5.32 Å². The molecule has 0 radical (unpaired) electrons. The molecule has 0 bridgehead atoms. The molecule has 1 aromatic rings. The Morgan fingerprint density at radius 2 is 1.59 bits per heavy atom. The minimum absolute atomic E-state index is 0.0481. The molecule has 1 rings (SSSR count). The summed E-state index contributed by atoms with van der Waals surface area (Å²) in [6.07, 6.45) is -4.48. The van der Waals surface area contributed by atoms with Crippen molar-refractivity contribution in [3.8, 4) is 0 Å². The molecule has 1 unspecified atom stereocenters. The summed E-state index contributed by atoms with van der Waals surface area (Å²) in [7, 11) is 0. The zero-order valence-corrected chi connectivity index (χ0v) is 8.98. The molecule has 0 saturated carbocycles. The van der Waals surface area contributed by atoms with E-state index in [9.17, 15) is 13.2 Å². The lowest BCUT2D eigenvalue weighted by molar-refractivity contribution is -0.161. The molecule has 0 spiro atoms. The molecule has 0 amide bonds. The van der Waals surface area contributed by atoms with Gasteiger partial charge in [-0.3, -0.25) is 5.32 Å². The fourth-order valence-electron chi connectivity index (χ4n) is 1.42. The van der Waals surface area contributed by atoms with Crippen molar-refractivity contribution in [1.29, 1.82) is 0 Å². The summed E-state index contributed by atoms with van der Waals surface area (Å²) in [5.74, 6) is 0. The molecule has 0 saturated heterocycles. The van der Waals surface area contributed by atoms with Crippen LogP contribution in [0, 0.1) is 0 Å². The second-order valence-corrected chi connectivity index (χ2v) is 3.61. The molecule has 17 heavy (non-hydrogen) atoms. The van der Waals surface area contributed by atoms with Gasteiger partial charge in [-0.1, -0.05) is 30.3 Å². The fourth-order valence-corrected chi connectivity index (χ4v) is 1.42. The highest BCUT2D eigenvalue weighted by Crippen LogP contribution is 2.32. The number of aliphatic hydroxyl groups excluding tert-OH is 2. The van der Waals surface area contributed by atoms with Gasteiger partial charge in [0, 0.05) is 0 Å². The van der Waals surface area contributed by atoms with Gasteiger partial charge in [0.2, 0.25) is 0 Å². The summed E-state index contributed by atoms with van der Waals surface area (Å²) in [5, 5.41) is 19.8. The van der Waals surface area contributed by atoms with Crippen molar-refractivity contribution in [2.75, 3.05) is 13.2 Å².